The molecule has 0 spiro atoms. The molecule has 0 atom stereocenters. The lowest BCUT2D eigenvalue weighted by molar-refractivity contribution is -0.115. The van der Waals surface area contributed by atoms with Crippen LogP contribution in [0.15, 0.2) is 42.5 Å². The minimum atomic E-state index is -0.544. The molecule has 0 saturated carbocycles. The average Bonchev–Trinajstić information content (AvgIpc) is 2.55. The van der Waals surface area contributed by atoms with Crippen molar-refractivity contribution in [2.45, 2.75) is 6.42 Å². The van der Waals surface area contributed by atoms with Crippen LogP contribution in [-0.4, -0.2) is 26.0 Å². The highest BCUT2D eigenvalue weighted by Gasteiger charge is 2.11. The molecule has 0 heterocycles. The van der Waals surface area contributed by atoms with Gasteiger partial charge in [-0.3, -0.25) is 9.59 Å². The predicted molar refractivity (Wildman–Crippen MR) is 86.8 cm³/mol. The zero-order chi connectivity index (χ0) is 16.8. The first-order chi connectivity index (χ1) is 11.0. The summed E-state index contributed by atoms with van der Waals surface area (Å²) in [5.41, 5.74) is 6.81. The topological polar surface area (TPSA) is 90.6 Å². The van der Waals surface area contributed by atoms with Crippen LogP contribution in [0.2, 0.25) is 0 Å². The van der Waals surface area contributed by atoms with Crippen LogP contribution in [0.25, 0.3) is 0 Å². The normalized spacial score (nSPS) is 10.0. The van der Waals surface area contributed by atoms with E-state index in [9.17, 15) is 9.59 Å². The van der Waals surface area contributed by atoms with Gasteiger partial charge in [0.2, 0.25) is 11.8 Å². The van der Waals surface area contributed by atoms with Crippen LogP contribution in [0.1, 0.15) is 15.9 Å². The number of hydrogen-bond donors (Lipinski definition) is 2. The van der Waals surface area contributed by atoms with Crippen LogP contribution in [0.3, 0.4) is 0 Å². The Balaban J connectivity index is 2.10. The van der Waals surface area contributed by atoms with Crippen LogP contribution in [-0.2, 0) is 11.2 Å². The molecule has 0 aromatic heterocycles. The van der Waals surface area contributed by atoms with Gasteiger partial charge in [0.25, 0.3) is 0 Å². The van der Waals surface area contributed by atoms with Gasteiger partial charge < -0.3 is 20.5 Å². The summed E-state index contributed by atoms with van der Waals surface area (Å²) in [6.45, 7) is 0. The van der Waals surface area contributed by atoms with Gasteiger partial charge in [0, 0.05) is 22.9 Å². The third kappa shape index (κ3) is 4.23. The number of ether oxygens (including phenoxy) is 2. The van der Waals surface area contributed by atoms with Gasteiger partial charge in [-0.25, -0.2) is 0 Å². The van der Waals surface area contributed by atoms with Crippen molar-refractivity contribution in [3.63, 3.8) is 0 Å². The van der Waals surface area contributed by atoms with Crippen molar-refractivity contribution in [1.82, 2.24) is 0 Å². The van der Waals surface area contributed by atoms with Gasteiger partial charge >= 0.3 is 0 Å². The van der Waals surface area contributed by atoms with E-state index in [-0.39, 0.29) is 12.3 Å². The van der Waals surface area contributed by atoms with Gasteiger partial charge in [-0.2, -0.15) is 0 Å². The summed E-state index contributed by atoms with van der Waals surface area (Å²) in [7, 11) is 3.10. The maximum Gasteiger partial charge on any atom is 0.248 e. The van der Waals surface area contributed by atoms with Gasteiger partial charge in [-0.15, -0.1) is 0 Å². The van der Waals surface area contributed by atoms with E-state index in [1.807, 2.05) is 0 Å². The van der Waals surface area contributed by atoms with Gasteiger partial charge in [0.15, 0.2) is 0 Å². The first kappa shape index (κ1) is 16.4. The van der Waals surface area contributed by atoms with E-state index in [1.54, 1.807) is 43.5 Å². The van der Waals surface area contributed by atoms with Crippen LogP contribution in [0.4, 0.5) is 5.69 Å². The third-order valence-corrected chi connectivity index (χ3v) is 3.28. The number of rotatable bonds is 6. The van der Waals surface area contributed by atoms with E-state index in [4.69, 9.17) is 15.2 Å². The van der Waals surface area contributed by atoms with Gasteiger partial charge in [-0.1, -0.05) is 12.1 Å². The zero-order valence-corrected chi connectivity index (χ0v) is 13.0. The maximum absolute atomic E-state index is 12.2. The average molecular weight is 314 g/mol. The highest BCUT2D eigenvalue weighted by atomic mass is 16.5. The van der Waals surface area contributed by atoms with Gasteiger partial charge in [0.1, 0.15) is 11.5 Å². The number of nitrogens with two attached hydrogens (primary N) is 1. The number of anilines is 1. The Labute approximate surface area is 134 Å². The van der Waals surface area contributed by atoms with E-state index >= 15 is 0 Å². The Morgan fingerprint density at radius 3 is 2.52 bits per heavy atom. The lowest BCUT2D eigenvalue weighted by Crippen LogP contribution is -2.16. The lowest BCUT2D eigenvalue weighted by atomic mass is 10.1. The number of nitrogens with one attached hydrogen (secondary N) is 1. The molecule has 0 bridgehead atoms. The fourth-order valence-electron chi connectivity index (χ4n) is 2.13. The molecule has 0 unspecified atom stereocenters. The fraction of sp³-hybridized carbons (Fsp3) is 0.176. The maximum atomic E-state index is 12.2. The molecule has 23 heavy (non-hydrogen) atoms. The van der Waals surface area contributed by atoms with Crippen molar-refractivity contribution >= 4 is 17.5 Å². The molecule has 2 aromatic carbocycles. The standard InChI is InChI=1S/C17H18N2O4/c1-22-14-7-6-11(15(10-14)23-2)9-16(20)19-13-5-3-4-12(8-13)17(18)21/h3-8,10H,9H2,1-2H3,(H2,18,21)(H,19,20). The van der Waals surface area contributed by atoms with E-state index in [2.05, 4.69) is 5.32 Å². The summed E-state index contributed by atoms with van der Waals surface area (Å²) in [5, 5.41) is 2.73. The van der Waals surface area contributed by atoms with E-state index in [1.165, 1.54) is 13.2 Å². The van der Waals surface area contributed by atoms with Crippen molar-refractivity contribution in [2.24, 2.45) is 5.73 Å². The molecule has 0 fully saturated rings. The third-order valence-electron chi connectivity index (χ3n) is 3.28. The summed E-state index contributed by atoms with van der Waals surface area (Å²) >= 11 is 0. The van der Waals surface area contributed by atoms with Crippen molar-refractivity contribution in [3.05, 3.63) is 53.6 Å². The predicted octanol–water partition coefficient (Wildman–Crippen LogP) is 1.98. The van der Waals surface area contributed by atoms with Crippen molar-refractivity contribution in [1.29, 1.82) is 0 Å². The minimum absolute atomic E-state index is 0.133. The molecule has 0 aliphatic heterocycles. The van der Waals surface area contributed by atoms with Crippen LogP contribution >= 0.6 is 0 Å². The number of amides is 2. The summed E-state index contributed by atoms with van der Waals surface area (Å²) in [5.74, 6) is 0.457. The van der Waals surface area contributed by atoms with Crippen molar-refractivity contribution in [3.8, 4) is 11.5 Å². The molecule has 2 amide bonds. The number of carbonyl (C=O) groups is 2. The summed E-state index contributed by atoms with van der Waals surface area (Å²) in [4.78, 5) is 23.3. The number of benzene rings is 2. The quantitative estimate of drug-likeness (QED) is 0.853. The molecule has 0 aliphatic rings. The monoisotopic (exact) mass is 314 g/mol. The van der Waals surface area contributed by atoms with E-state index in [0.29, 0.717) is 22.7 Å². The molecular formula is C17H18N2O4. The highest BCUT2D eigenvalue weighted by molar-refractivity contribution is 5.96. The lowest BCUT2D eigenvalue weighted by Gasteiger charge is -2.11. The Morgan fingerprint density at radius 2 is 1.87 bits per heavy atom. The summed E-state index contributed by atoms with van der Waals surface area (Å²) in [6.07, 6.45) is 0.133. The minimum Gasteiger partial charge on any atom is -0.497 e. The molecule has 0 radical (unpaired) electrons. The van der Waals surface area contributed by atoms with Crippen molar-refractivity contribution in [2.75, 3.05) is 19.5 Å². The number of hydrogen-bond acceptors (Lipinski definition) is 4. The number of primary amides is 1. The molecule has 2 rings (SSSR count). The first-order valence-electron chi connectivity index (χ1n) is 6.94. The summed E-state index contributed by atoms with van der Waals surface area (Å²) in [6, 6.07) is 11.7. The fourth-order valence-corrected chi connectivity index (χ4v) is 2.13. The molecule has 6 heteroatoms. The van der Waals surface area contributed by atoms with E-state index < -0.39 is 5.91 Å². The summed E-state index contributed by atoms with van der Waals surface area (Å²) < 4.78 is 10.4. The molecule has 0 saturated heterocycles. The molecule has 120 valence electrons. The van der Waals surface area contributed by atoms with E-state index in [0.717, 1.165) is 5.56 Å². The van der Waals surface area contributed by atoms with Crippen LogP contribution in [0, 0.1) is 0 Å². The SMILES string of the molecule is COc1ccc(CC(=O)Nc2cccc(C(N)=O)c2)c(OC)c1. The molecule has 6 nitrogen and oxygen atoms in total. The Morgan fingerprint density at radius 1 is 1.09 bits per heavy atom. The van der Waals surface area contributed by atoms with Crippen molar-refractivity contribution < 1.29 is 19.1 Å². The first-order valence-corrected chi connectivity index (χ1v) is 6.94. The van der Waals surface area contributed by atoms with Crippen LogP contribution < -0.4 is 20.5 Å². The highest BCUT2D eigenvalue weighted by Crippen LogP contribution is 2.25. The molecule has 0 aliphatic carbocycles. The number of carbonyl (C=O) groups excluding carboxylic acids is 2. The second kappa shape index (κ2) is 7.31. The van der Waals surface area contributed by atoms with Crippen LogP contribution in [0.5, 0.6) is 11.5 Å². The molecule has 2 aromatic rings. The Hall–Kier alpha value is -3.02. The largest absolute Gasteiger partial charge is 0.497 e. The smallest absolute Gasteiger partial charge is 0.248 e. The second-order valence-corrected chi connectivity index (χ2v) is 4.85. The number of methoxy groups -OCH3 is 2. The van der Waals surface area contributed by atoms with Gasteiger partial charge in [0.05, 0.1) is 20.6 Å². The molecule has 3 N–H and O–H groups in total. The zero-order valence-electron chi connectivity index (χ0n) is 13.0. The molecular weight excluding hydrogens is 296 g/mol. The Bertz CT molecular complexity index is 728. The second-order valence-electron chi connectivity index (χ2n) is 4.85. The van der Waals surface area contributed by atoms with Gasteiger partial charge in [-0.05, 0) is 24.3 Å². The Kier molecular flexibility index (Phi) is 5.19.